The fourth-order valence-electron chi connectivity index (χ4n) is 8.74. The molecule has 53 heavy (non-hydrogen) atoms. The molecule has 4 nitrogen and oxygen atoms in total. The first-order chi connectivity index (χ1) is 26.3. The molecule has 0 amide bonds. The van der Waals surface area contributed by atoms with E-state index in [0.29, 0.717) is 0 Å². The fraction of sp³-hybridized carbons (Fsp3) is 0. The smallest absolute Gasteiger partial charge is 0.434 e. The SMILES string of the molecule is c1cc(-c2ccc3c(c2)B2Oc4ccccc4-c4cc(-c5cccc6oc7ccccc7c56)cc(c42)O3)cc(-n2c3ccccc3c3ccccc32)c1. The first kappa shape index (κ1) is 28.7. The van der Waals surface area contributed by atoms with Crippen molar-refractivity contribution in [1.82, 2.24) is 4.57 Å². The third-order valence-electron chi connectivity index (χ3n) is 11.1. The molecule has 4 heterocycles. The van der Waals surface area contributed by atoms with Crippen molar-refractivity contribution in [2.75, 3.05) is 0 Å². The summed E-state index contributed by atoms with van der Waals surface area (Å²) in [5.74, 6) is 2.49. The van der Waals surface area contributed by atoms with E-state index in [0.717, 1.165) is 89.2 Å². The standard InChI is InChI=1S/C48H28BNO3/c1-5-18-40-34(13-1)35-14-2-6-19-41(35)50(40)32-12-9-11-29(25-32)30-23-24-44-39(27-30)49-48-38(36-15-3-8-21-43(36)53-49)26-31(28-46(48)52-44)33-17-10-22-45-47(33)37-16-4-7-20-42(37)51-45/h1-28H. The summed E-state index contributed by atoms with van der Waals surface area (Å²) < 4.78 is 22.4. The van der Waals surface area contributed by atoms with Crippen LogP contribution in [0.25, 0.3) is 82.8 Å². The lowest BCUT2D eigenvalue weighted by atomic mass is 9.50. The van der Waals surface area contributed by atoms with Crippen LogP contribution in [-0.2, 0) is 0 Å². The van der Waals surface area contributed by atoms with Crippen LogP contribution in [0.2, 0.25) is 0 Å². The van der Waals surface area contributed by atoms with E-state index in [9.17, 15) is 0 Å². The van der Waals surface area contributed by atoms with Crippen molar-refractivity contribution in [3.63, 3.8) is 0 Å². The van der Waals surface area contributed by atoms with Crippen LogP contribution < -0.4 is 20.3 Å². The maximum atomic E-state index is 6.90. The highest BCUT2D eigenvalue weighted by atomic mass is 16.5. The molecule has 0 atom stereocenters. The predicted octanol–water partition coefficient (Wildman–Crippen LogP) is 11.3. The molecule has 0 unspecified atom stereocenters. The summed E-state index contributed by atoms with van der Waals surface area (Å²) in [6.07, 6.45) is 0. The molecule has 2 aliphatic rings. The van der Waals surface area contributed by atoms with Crippen LogP contribution in [0.3, 0.4) is 0 Å². The van der Waals surface area contributed by atoms with Gasteiger partial charge >= 0.3 is 6.92 Å². The molecule has 246 valence electrons. The molecule has 10 aromatic rings. The van der Waals surface area contributed by atoms with Gasteiger partial charge in [-0.3, -0.25) is 0 Å². The van der Waals surface area contributed by atoms with Gasteiger partial charge in [0.1, 0.15) is 28.4 Å². The Bertz CT molecular complexity index is 3100. The third-order valence-corrected chi connectivity index (χ3v) is 11.1. The Labute approximate surface area is 305 Å². The van der Waals surface area contributed by atoms with E-state index in [1.807, 2.05) is 24.3 Å². The van der Waals surface area contributed by atoms with E-state index in [-0.39, 0.29) is 6.92 Å². The molecular weight excluding hydrogens is 649 g/mol. The maximum absolute atomic E-state index is 6.90. The van der Waals surface area contributed by atoms with Crippen LogP contribution >= 0.6 is 0 Å². The van der Waals surface area contributed by atoms with Crippen molar-refractivity contribution in [1.29, 1.82) is 0 Å². The molecule has 8 aromatic carbocycles. The molecule has 0 bridgehead atoms. The molecule has 0 N–H and O–H groups in total. The van der Waals surface area contributed by atoms with E-state index in [4.69, 9.17) is 13.8 Å². The first-order valence-corrected chi connectivity index (χ1v) is 18.0. The van der Waals surface area contributed by atoms with Gasteiger partial charge in [0.05, 0.1) is 11.0 Å². The molecule has 5 heteroatoms. The number of hydrogen-bond donors (Lipinski definition) is 0. The Morgan fingerprint density at radius 3 is 2.00 bits per heavy atom. The number of para-hydroxylation sites is 4. The van der Waals surface area contributed by atoms with Crippen LogP contribution in [0.4, 0.5) is 0 Å². The summed E-state index contributed by atoms with van der Waals surface area (Å²) >= 11 is 0. The van der Waals surface area contributed by atoms with Crippen molar-refractivity contribution in [2.24, 2.45) is 0 Å². The summed E-state index contributed by atoms with van der Waals surface area (Å²) in [5.41, 5.74) is 14.0. The number of furan rings is 1. The van der Waals surface area contributed by atoms with Gasteiger partial charge in [-0.25, -0.2) is 0 Å². The second kappa shape index (κ2) is 10.8. The molecule has 0 spiro atoms. The predicted molar refractivity (Wildman–Crippen MR) is 217 cm³/mol. The molecule has 2 aromatic heterocycles. The number of hydrogen-bond acceptors (Lipinski definition) is 3. The highest BCUT2D eigenvalue weighted by molar-refractivity contribution is 6.84. The van der Waals surface area contributed by atoms with E-state index in [2.05, 4.69) is 150 Å². The minimum absolute atomic E-state index is 0.321. The Morgan fingerprint density at radius 2 is 1.13 bits per heavy atom. The van der Waals surface area contributed by atoms with Gasteiger partial charge in [0.15, 0.2) is 0 Å². The van der Waals surface area contributed by atoms with Crippen LogP contribution in [0.1, 0.15) is 0 Å². The average molecular weight is 678 g/mol. The lowest BCUT2D eigenvalue weighted by Gasteiger charge is -2.33. The van der Waals surface area contributed by atoms with Crippen LogP contribution in [0, 0.1) is 0 Å². The highest BCUT2D eigenvalue weighted by Gasteiger charge is 2.41. The van der Waals surface area contributed by atoms with Crippen LogP contribution in [-0.4, -0.2) is 11.5 Å². The summed E-state index contributed by atoms with van der Waals surface area (Å²) in [4.78, 5) is 0. The Morgan fingerprint density at radius 1 is 0.434 bits per heavy atom. The van der Waals surface area contributed by atoms with E-state index in [1.165, 1.54) is 21.8 Å². The largest absolute Gasteiger partial charge is 0.551 e. The lowest BCUT2D eigenvalue weighted by Crippen LogP contribution is -2.53. The van der Waals surface area contributed by atoms with Gasteiger partial charge in [-0.05, 0) is 88.5 Å². The summed E-state index contributed by atoms with van der Waals surface area (Å²) in [7, 11) is 0. The number of fused-ring (bicyclic) bond motifs is 10. The molecule has 12 rings (SSSR count). The van der Waals surface area contributed by atoms with Gasteiger partial charge in [0, 0.05) is 43.7 Å². The third kappa shape index (κ3) is 4.13. The maximum Gasteiger partial charge on any atom is 0.434 e. The lowest BCUT2D eigenvalue weighted by molar-refractivity contribution is 0.479. The fourth-order valence-corrected chi connectivity index (χ4v) is 8.74. The molecular formula is C48H28BNO3. The molecule has 0 radical (unpaired) electrons. The topological polar surface area (TPSA) is 36.5 Å². The van der Waals surface area contributed by atoms with Crippen LogP contribution in [0.15, 0.2) is 174 Å². The molecule has 2 aliphatic heterocycles. The van der Waals surface area contributed by atoms with Crippen molar-refractivity contribution in [2.45, 2.75) is 0 Å². The molecule has 0 saturated heterocycles. The van der Waals surface area contributed by atoms with Crippen molar-refractivity contribution in [3.05, 3.63) is 170 Å². The van der Waals surface area contributed by atoms with E-state index < -0.39 is 0 Å². The quantitative estimate of drug-likeness (QED) is 0.175. The minimum atomic E-state index is -0.321. The number of ether oxygens (including phenoxy) is 1. The van der Waals surface area contributed by atoms with Gasteiger partial charge in [-0.2, -0.15) is 0 Å². The van der Waals surface area contributed by atoms with Gasteiger partial charge in [-0.1, -0.05) is 109 Å². The zero-order valence-corrected chi connectivity index (χ0v) is 28.4. The number of benzene rings is 8. The van der Waals surface area contributed by atoms with E-state index >= 15 is 0 Å². The van der Waals surface area contributed by atoms with Crippen LogP contribution in [0.5, 0.6) is 17.2 Å². The average Bonchev–Trinajstić information content (AvgIpc) is 3.77. The van der Waals surface area contributed by atoms with Crippen molar-refractivity contribution in [3.8, 4) is 56.3 Å². The monoisotopic (exact) mass is 677 g/mol. The number of aromatic nitrogens is 1. The minimum Gasteiger partial charge on any atom is -0.551 e. The normalized spacial score (nSPS) is 12.8. The number of nitrogens with zero attached hydrogens (tertiary/aromatic N) is 1. The Hall–Kier alpha value is -6.98. The van der Waals surface area contributed by atoms with Crippen molar-refractivity contribution < 1.29 is 13.8 Å². The summed E-state index contributed by atoms with van der Waals surface area (Å²) in [6, 6.07) is 59.9. The van der Waals surface area contributed by atoms with Gasteiger partial charge in [0.25, 0.3) is 0 Å². The van der Waals surface area contributed by atoms with Gasteiger partial charge in [0.2, 0.25) is 0 Å². The summed E-state index contributed by atoms with van der Waals surface area (Å²) in [5, 5.41) is 4.71. The van der Waals surface area contributed by atoms with Gasteiger partial charge < -0.3 is 18.4 Å². The second-order valence-electron chi connectivity index (χ2n) is 14.0. The Balaban J connectivity index is 1.01. The highest BCUT2D eigenvalue weighted by Crippen LogP contribution is 2.44. The van der Waals surface area contributed by atoms with E-state index in [1.54, 1.807) is 0 Å². The first-order valence-electron chi connectivity index (χ1n) is 18.0. The molecule has 0 aliphatic carbocycles. The van der Waals surface area contributed by atoms with Gasteiger partial charge in [-0.15, -0.1) is 0 Å². The summed E-state index contributed by atoms with van der Waals surface area (Å²) in [6.45, 7) is -0.321. The van der Waals surface area contributed by atoms with Crippen molar-refractivity contribution >= 4 is 61.6 Å². The zero-order chi connectivity index (χ0) is 34.6. The Kier molecular flexibility index (Phi) is 5.83. The second-order valence-corrected chi connectivity index (χ2v) is 14.0. The number of rotatable bonds is 3. The zero-order valence-electron chi connectivity index (χ0n) is 28.4. The molecule has 0 fully saturated rings. The molecule has 0 saturated carbocycles.